The van der Waals surface area contributed by atoms with Crippen LogP contribution in [0.3, 0.4) is 0 Å². The normalized spacial score (nSPS) is 12.8. The van der Waals surface area contributed by atoms with Crippen LogP contribution in [-0.2, 0) is 20.2 Å². The summed E-state index contributed by atoms with van der Waals surface area (Å²) >= 11 is 0. The molecule has 1 rings (SSSR count). The molecule has 0 radical (unpaired) electrons. The van der Waals surface area contributed by atoms with Crippen molar-refractivity contribution in [2.45, 2.75) is 23.6 Å². The highest BCUT2D eigenvalue weighted by molar-refractivity contribution is 7.86. The second-order valence-corrected chi connectivity index (χ2v) is 6.03. The molecule has 90 valence electrons. The summed E-state index contributed by atoms with van der Waals surface area (Å²) in [4.78, 5) is -1.03. The first-order valence-corrected chi connectivity index (χ1v) is 6.98. The molecule has 16 heavy (non-hydrogen) atoms. The van der Waals surface area contributed by atoms with Gasteiger partial charge >= 0.3 is 0 Å². The van der Waals surface area contributed by atoms with Gasteiger partial charge in [0.05, 0.1) is 4.90 Å². The predicted molar refractivity (Wildman–Crippen MR) is 55.5 cm³/mol. The van der Waals surface area contributed by atoms with E-state index in [1.165, 1.54) is 19.9 Å². The van der Waals surface area contributed by atoms with Gasteiger partial charge in [0.2, 0.25) is 0 Å². The van der Waals surface area contributed by atoms with Crippen LogP contribution in [-0.4, -0.2) is 25.9 Å². The summed E-state index contributed by atoms with van der Waals surface area (Å²) < 4.78 is 61.7. The Labute approximate surface area is 93.4 Å². The van der Waals surface area contributed by atoms with Crippen molar-refractivity contribution in [2.75, 3.05) is 0 Å². The van der Waals surface area contributed by atoms with Crippen molar-refractivity contribution < 1.29 is 25.9 Å². The van der Waals surface area contributed by atoms with Gasteiger partial charge in [-0.2, -0.15) is 16.8 Å². The fourth-order valence-corrected chi connectivity index (χ4v) is 3.25. The van der Waals surface area contributed by atoms with Crippen molar-refractivity contribution in [1.82, 2.24) is 0 Å². The second kappa shape index (κ2) is 3.81. The molecule has 0 amide bonds. The summed E-state index contributed by atoms with van der Waals surface area (Å²) in [6.07, 6.45) is 0. The maximum Gasteiger partial charge on any atom is 0.295 e. The van der Waals surface area contributed by atoms with Crippen LogP contribution < -0.4 is 0 Å². The minimum Gasteiger partial charge on any atom is -0.282 e. The SMILES string of the molecule is Cc1ccc(S(=O)(=O)O)c(C)c1S(=O)(=O)O. The zero-order valence-corrected chi connectivity index (χ0v) is 10.1. The Morgan fingerprint density at radius 1 is 0.938 bits per heavy atom. The third-order valence-corrected chi connectivity index (χ3v) is 4.23. The minimum absolute atomic E-state index is 0.201. The van der Waals surface area contributed by atoms with Gasteiger partial charge in [-0.1, -0.05) is 6.07 Å². The lowest BCUT2D eigenvalue weighted by atomic mass is 10.1. The minimum atomic E-state index is -4.52. The molecule has 0 aliphatic carbocycles. The Morgan fingerprint density at radius 3 is 1.81 bits per heavy atom. The first-order valence-electron chi connectivity index (χ1n) is 4.10. The Hall–Kier alpha value is -0.960. The lowest BCUT2D eigenvalue weighted by Crippen LogP contribution is -2.09. The van der Waals surface area contributed by atoms with Crippen LogP contribution in [0.1, 0.15) is 11.1 Å². The molecule has 0 bridgehead atoms. The molecule has 0 saturated heterocycles. The number of hydrogen-bond acceptors (Lipinski definition) is 4. The Morgan fingerprint density at radius 2 is 1.44 bits per heavy atom. The molecule has 8 heteroatoms. The van der Waals surface area contributed by atoms with Gasteiger partial charge < -0.3 is 0 Å². The lowest BCUT2D eigenvalue weighted by molar-refractivity contribution is 0.479. The molecule has 0 saturated carbocycles. The zero-order valence-electron chi connectivity index (χ0n) is 8.50. The molecule has 1 aromatic carbocycles. The first kappa shape index (κ1) is 13.1. The molecule has 0 atom stereocenters. The van der Waals surface area contributed by atoms with Gasteiger partial charge in [0.25, 0.3) is 20.2 Å². The highest BCUT2D eigenvalue weighted by Crippen LogP contribution is 2.25. The predicted octanol–water partition coefficient (Wildman–Crippen LogP) is 0.797. The fraction of sp³-hybridized carbons (Fsp3) is 0.250. The fourth-order valence-electron chi connectivity index (χ4n) is 1.49. The van der Waals surface area contributed by atoms with Crippen molar-refractivity contribution in [2.24, 2.45) is 0 Å². The van der Waals surface area contributed by atoms with E-state index in [0.717, 1.165) is 6.07 Å². The molecule has 0 heterocycles. The third kappa shape index (κ3) is 2.40. The van der Waals surface area contributed by atoms with Crippen molar-refractivity contribution in [1.29, 1.82) is 0 Å². The topological polar surface area (TPSA) is 109 Å². The largest absolute Gasteiger partial charge is 0.295 e. The van der Waals surface area contributed by atoms with Gasteiger partial charge in [0.15, 0.2) is 0 Å². The Balaban J connectivity index is 3.79. The number of benzene rings is 1. The maximum absolute atomic E-state index is 11.0. The average molecular weight is 266 g/mol. The Kier molecular flexibility index (Phi) is 3.12. The number of hydrogen-bond donors (Lipinski definition) is 2. The highest BCUT2D eigenvalue weighted by Gasteiger charge is 2.23. The molecular weight excluding hydrogens is 256 g/mol. The zero-order chi connectivity index (χ0) is 12.7. The van der Waals surface area contributed by atoms with E-state index in [-0.39, 0.29) is 11.1 Å². The van der Waals surface area contributed by atoms with Crippen molar-refractivity contribution in [3.63, 3.8) is 0 Å². The highest BCUT2D eigenvalue weighted by atomic mass is 32.2. The van der Waals surface area contributed by atoms with Crippen LogP contribution in [0.4, 0.5) is 0 Å². The van der Waals surface area contributed by atoms with Gasteiger partial charge in [-0.05, 0) is 31.0 Å². The second-order valence-electron chi connectivity index (χ2n) is 3.28. The van der Waals surface area contributed by atoms with Crippen LogP contribution in [0.5, 0.6) is 0 Å². The van der Waals surface area contributed by atoms with Crippen LogP contribution in [0.2, 0.25) is 0 Å². The molecule has 1 aromatic rings. The van der Waals surface area contributed by atoms with Gasteiger partial charge in [-0.25, -0.2) is 0 Å². The van der Waals surface area contributed by atoms with E-state index >= 15 is 0 Å². The van der Waals surface area contributed by atoms with Crippen LogP contribution in [0.25, 0.3) is 0 Å². The molecule has 0 aliphatic rings. The standard InChI is InChI=1S/C8H10O6S2/c1-5-3-4-7(15(9,10)11)6(2)8(5)16(12,13)14/h3-4H,1-2H3,(H,9,10,11)(H,12,13,14). The molecule has 6 nitrogen and oxygen atoms in total. The van der Waals surface area contributed by atoms with E-state index in [9.17, 15) is 16.8 Å². The molecule has 2 N–H and O–H groups in total. The van der Waals surface area contributed by atoms with Crippen LogP contribution in [0.15, 0.2) is 21.9 Å². The maximum atomic E-state index is 11.0. The van der Waals surface area contributed by atoms with Gasteiger partial charge in [-0.3, -0.25) is 9.11 Å². The molecule has 0 aliphatic heterocycles. The van der Waals surface area contributed by atoms with Gasteiger partial charge in [0, 0.05) is 0 Å². The van der Waals surface area contributed by atoms with Crippen LogP contribution in [0, 0.1) is 13.8 Å². The average Bonchev–Trinajstić information content (AvgIpc) is 1.97. The van der Waals surface area contributed by atoms with E-state index in [2.05, 4.69) is 0 Å². The Bertz CT molecular complexity index is 627. The van der Waals surface area contributed by atoms with Crippen molar-refractivity contribution in [3.05, 3.63) is 23.3 Å². The number of rotatable bonds is 2. The summed E-state index contributed by atoms with van der Waals surface area (Å²) in [6, 6.07) is 2.27. The van der Waals surface area contributed by atoms with Crippen LogP contribution >= 0.6 is 0 Å². The van der Waals surface area contributed by atoms with E-state index in [4.69, 9.17) is 9.11 Å². The summed E-state index contributed by atoms with van der Waals surface area (Å²) in [5, 5.41) is 0. The van der Waals surface area contributed by atoms with Gasteiger partial charge in [-0.15, -0.1) is 0 Å². The van der Waals surface area contributed by atoms with E-state index in [1.54, 1.807) is 0 Å². The van der Waals surface area contributed by atoms with E-state index in [1.807, 2.05) is 0 Å². The van der Waals surface area contributed by atoms with E-state index < -0.39 is 30.0 Å². The van der Waals surface area contributed by atoms with Crippen molar-refractivity contribution >= 4 is 20.2 Å². The van der Waals surface area contributed by atoms with Gasteiger partial charge in [0.1, 0.15) is 4.90 Å². The molecule has 0 fully saturated rings. The molecular formula is C8H10O6S2. The van der Waals surface area contributed by atoms with Crippen molar-refractivity contribution in [3.8, 4) is 0 Å². The smallest absolute Gasteiger partial charge is 0.282 e. The van der Waals surface area contributed by atoms with E-state index in [0.29, 0.717) is 0 Å². The molecule has 0 aromatic heterocycles. The lowest BCUT2D eigenvalue weighted by Gasteiger charge is -2.09. The quantitative estimate of drug-likeness (QED) is 0.766. The number of aryl methyl sites for hydroxylation is 1. The first-order chi connectivity index (χ1) is 7.05. The summed E-state index contributed by atoms with van der Waals surface area (Å²) in [6.45, 7) is 2.60. The summed E-state index contributed by atoms with van der Waals surface area (Å²) in [5.74, 6) is 0. The summed E-state index contributed by atoms with van der Waals surface area (Å²) in [7, 11) is -9.03. The third-order valence-electron chi connectivity index (χ3n) is 2.09. The summed E-state index contributed by atoms with van der Waals surface area (Å²) in [5.41, 5.74) is -0.00241. The monoisotopic (exact) mass is 266 g/mol. The molecule has 0 unspecified atom stereocenters. The molecule has 0 spiro atoms.